The molecule has 0 saturated heterocycles. The summed E-state index contributed by atoms with van der Waals surface area (Å²) >= 11 is 0. The van der Waals surface area contributed by atoms with Crippen molar-refractivity contribution < 1.29 is 14.0 Å². The van der Waals surface area contributed by atoms with Crippen LogP contribution in [-0.4, -0.2) is 18.4 Å². The van der Waals surface area contributed by atoms with Gasteiger partial charge in [-0.1, -0.05) is 25.5 Å². The molecule has 2 rings (SSSR count). The lowest BCUT2D eigenvalue weighted by atomic mass is 10.1. The predicted molar refractivity (Wildman–Crippen MR) is 80.1 cm³/mol. The van der Waals surface area contributed by atoms with Gasteiger partial charge in [-0.25, -0.2) is 0 Å². The highest BCUT2D eigenvalue weighted by atomic mass is 16.3. The summed E-state index contributed by atoms with van der Waals surface area (Å²) in [5, 5.41) is 5.22. The lowest BCUT2D eigenvalue weighted by molar-refractivity contribution is -0.115. The molecule has 0 aliphatic rings. The molecule has 1 aromatic carbocycles. The van der Waals surface area contributed by atoms with Crippen molar-refractivity contribution in [2.45, 2.75) is 19.8 Å². The van der Waals surface area contributed by atoms with Crippen LogP contribution in [0.25, 0.3) is 0 Å². The van der Waals surface area contributed by atoms with Crippen molar-refractivity contribution in [3.8, 4) is 0 Å². The number of nitrogens with one attached hydrogen (secondary N) is 2. The molecule has 2 N–H and O–H groups in total. The zero-order chi connectivity index (χ0) is 15.1. The highest BCUT2D eigenvalue weighted by molar-refractivity contribution is 5.97. The van der Waals surface area contributed by atoms with Gasteiger partial charge in [-0.3, -0.25) is 9.59 Å². The topological polar surface area (TPSA) is 71.3 Å². The number of amides is 2. The van der Waals surface area contributed by atoms with E-state index in [-0.39, 0.29) is 18.2 Å². The van der Waals surface area contributed by atoms with Crippen molar-refractivity contribution in [1.29, 1.82) is 0 Å². The van der Waals surface area contributed by atoms with Crippen LogP contribution < -0.4 is 10.6 Å². The summed E-state index contributed by atoms with van der Waals surface area (Å²) in [6, 6.07) is 10.8. The largest absolute Gasteiger partial charge is 0.459 e. The lowest BCUT2D eigenvalue weighted by Crippen LogP contribution is -2.32. The number of carbonyl (C=O) groups excluding carboxylic acids is 2. The summed E-state index contributed by atoms with van der Waals surface area (Å²) < 4.78 is 4.94. The molecule has 0 fully saturated rings. The average Bonchev–Trinajstić information content (AvgIpc) is 3.01. The van der Waals surface area contributed by atoms with E-state index < -0.39 is 5.91 Å². The molecule has 0 spiro atoms. The first-order valence-corrected chi connectivity index (χ1v) is 6.89. The van der Waals surface area contributed by atoms with Crippen molar-refractivity contribution in [1.82, 2.24) is 5.32 Å². The number of hydrogen-bond acceptors (Lipinski definition) is 3. The second kappa shape index (κ2) is 7.28. The molecule has 5 nitrogen and oxygen atoms in total. The minimum Gasteiger partial charge on any atom is -0.459 e. The van der Waals surface area contributed by atoms with Crippen molar-refractivity contribution >= 4 is 17.5 Å². The van der Waals surface area contributed by atoms with Crippen molar-refractivity contribution in [3.63, 3.8) is 0 Å². The Labute approximate surface area is 123 Å². The molecular weight excluding hydrogens is 268 g/mol. The van der Waals surface area contributed by atoms with Crippen molar-refractivity contribution in [3.05, 3.63) is 54.0 Å². The van der Waals surface area contributed by atoms with E-state index in [9.17, 15) is 9.59 Å². The quantitative estimate of drug-likeness (QED) is 0.857. The van der Waals surface area contributed by atoms with Gasteiger partial charge in [0.05, 0.1) is 12.8 Å². The smallest absolute Gasteiger partial charge is 0.287 e. The van der Waals surface area contributed by atoms with Crippen LogP contribution in [0.3, 0.4) is 0 Å². The Morgan fingerprint density at radius 1 is 1.14 bits per heavy atom. The molecule has 0 aliphatic carbocycles. The zero-order valence-corrected chi connectivity index (χ0v) is 11.9. The van der Waals surface area contributed by atoms with Crippen LogP contribution in [0, 0.1) is 0 Å². The van der Waals surface area contributed by atoms with E-state index in [4.69, 9.17) is 4.42 Å². The maximum atomic E-state index is 11.7. The van der Waals surface area contributed by atoms with Crippen LogP contribution in [0.15, 0.2) is 47.1 Å². The number of benzene rings is 1. The van der Waals surface area contributed by atoms with E-state index in [2.05, 4.69) is 17.6 Å². The summed E-state index contributed by atoms with van der Waals surface area (Å²) in [7, 11) is 0. The maximum Gasteiger partial charge on any atom is 0.287 e. The van der Waals surface area contributed by atoms with Crippen molar-refractivity contribution in [2.24, 2.45) is 0 Å². The van der Waals surface area contributed by atoms with Gasteiger partial charge in [-0.2, -0.15) is 0 Å². The summed E-state index contributed by atoms with van der Waals surface area (Å²) in [5.74, 6) is -0.502. The Hall–Kier alpha value is -2.56. The van der Waals surface area contributed by atoms with Crippen molar-refractivity contribution in [2.75, 3.05) is 11.9 Å². The van der Waals surface area contributed by atoms with E-state index >= 15 is 0 Å². The second-order valence-electron chi connectivity index (χ2n) is 4.66. The van der Waals surface area contributed by atoms with Gasteiger partial charge >= 0.3 is 0 Å². The monoisotopic (exact) mass is 286 g/mol. The standard InChI is InChI=1S/C16H18N2O3/c1-2-4-12-6-8-13(9-7-12)18-15(19)11-17-16(20)14-5-3-10-21-14/h3,5-10H,2,4,11H2,1H3,(H,17,20)(H,18,19). The van der Waals surface area contributed by atoms with E-state index in [0.29, 0.717) is 5.69 Å². The highest BCUT2D eigenvalue weighted by Gasteiger charge is 2.10. The first-order chi connectivity index (χ1) is 10.2. The molecule has 21 heavy (non-hydrogen) atoms. The number of aryl methyl sites for hydroxylation is 1. The predicted octanol–water partition coefficient (Wildman–Crippen LogP) is 2.60. The molecule has 0 bridgehead atoms. The number of carbonyl (C=O) groups is 2. The van der Waals surface area contributed by atoms with Crippen LogP contribution in [0.2, 0.25) is 0 Å². The SMILES string of the molecule is CCCc1ccc(NC(=O)CNC(=O)c2ccco2)cc1. The molecule has 0 unspecified atom stereocenters. The van der Waals surface area contributed by atoms with Gasteiger partial charge in [0.25, 0.3) is 5.91 Å². The van der Waals surface area contributed by atoms with Gasteiger partial charge in [-0.05, 0) is 36.2 Å². The summed E-state index contributed by atoms with van der Waals surface area (Å²) in [6.07, 6.45) is 3.52. The minimum absolute atomic E-state index is 0.101. The first kappa shape index (κ1) is 14.8. The lowest BCUT2D eigenvalue weighted by Gasteiger charge is -2.07. The molecule has 2 aromatic rings. The average molecular weight is 286 g/mol. The minimum atomic E-state index is -0.409. The molecule has 5 heteroatoms. The van der Waals surface area contributed by atoms with Gasteiger partial charge in [-0.15, -0.1) is 0 Å². The molecule has 0 saturated carbocycles. The van der Waals surface area contributed by atoms with E-state index in [1.54, 1.807) is 12.1 Å². The Bertz CT molecular complexity index is 588. The van der Waals surface area contributed by atoms with Crippen LogP contribution in [0.5, 0.6) is 0 Å². The molecule has 1 heterocycles. The molecule has 0 atom stereocenters. The third-order valence-electron chi connectivity index (χ3n) is 2.93. The molecule has 2 amide bonds. The normalized spacial score (nSPS) is 10.1. The number of hydrogen-bond donors (Lipinski definition) is 2. The summed E-state index contributed by atoms with van der Waals surface area (Å²) in [6.45, 7) is 2.02. The van der Waals surface area contributed by atoms with Gasteiger partial charge in [0.2, 0.25) is 5.91 Å². The zero-order valence-electron chi connectivity index (χ0n) is 11.9. The summed E-state index contributed by atoms with van der Waals surface area (Å²) in [5.41, 5.74) is 1.95. The number of furan rings is 1. The molecule has 1 aromatic heterocycles. The maximum absolute atomic E-state index is 11.7. The second-order valence-corrected chi connectivity index (χ2v) is 4.66. The Kier molecular flexibility index (Phi) is 5.15. The number of anilines is 1. The van der Waals surface area contributed by atoms with Crippen LogP contribution in [0.1, 0.15) is 29.5 Å². The fourth-order valence-corrected chi connectivity index (χ4v) is 1.90. The van der Waals surface area contributed by atoms with Gasteiger partial charge < -0.3 is 15.1 Å². The van der Waals surface area contributed by atoms with Gasteiger partial charge in [0.15, 0.2) is 5.76 Å². The van der Waals surface area contributed by atoms with Crippen LogP contribution in [0.4, 0.5) is 5.69 Å². The third kappa shape index (κ3) is 4.49. The van der Waals surface area contributed by atoms with E-state index in [0.717, 1.165) is 12.8 Å². The molecule has 110 valence electrons. The van der Waals surface area contributed by atoms with E-state index in [1.165, 1.54) is 11.8 Å². The highest BCUT2D eigenvalue weighted by Crippen LogP contribution is 2.10. The fourth-order valence-electron chi connectivity index (χ4n) is 1.90. The van der Waals surface area contributed by atoms with Gasteiger partial charge in [0, 0.05) is 5.69 Å². The molecule has 0 aliphatic heterocycles. The number of rotatable bonds is 6. The van der Waals surface area contributed by atoms with Gasteiger partial charge in [0.1, 0.15) is 0 Å². The summed E-state index contributed by atoms with van der Waals surface area (Å²) in [4.78, 5) is 23.3. The Balaban J connectivity index is 1.80. The first-order valence-electron chi connectivity index (χ1n) is 6.89. The fraction of sp³-hybridized carbons (Fsp3) is 0.250. The van der Waals surface area contributed by atoms with Crippen LogP contribution >= 0.6 is 0 Å². The molecule has 0 radical (unpaired) electrons. The third-order valence-corrected chi connectivity index (χ3v) is 2.93. The van der Waals surface area contributed by atoms with E-state index in [1.807, 2.05) is 24.3 Å². The Morgan fingerprint density at radius 3 is 2.52 bits per heavy atom. The molecular formula is C16H18N2O3. The van der Waals surface area contributed by atoms with Crippen LogP contribution in [-0.2, 0) is 11.2 Å². The Morgan fingerprint density at radius 2 is 1.90 bits per heavy atom.